The maximum Gasteiger partial charge on any atom is 0.158 e. The van der Waals surface area contributed by atoms with Crippen LogP contribution < -0.4 is 0 Å². The molecule has 0 bridgehead atoms. The van der Waals surface area contributed by atoms with Crippen molar-refractivity contribution in [1.29, 1.82) is 0 Å². The lowest BCUT2D eigenvalue weighted by Gasteiger charge is -2.08. The molecule has 0 aliphatic heterocycles. The van der Waals surface area contributed by atoms with Gasteiger partial charge in [0.2, 0.25) is 0 Å². The first kappa shape index (κ1) is 38.8. The molecule has 0 fully saturated rings. The second-order valence-corrected chi connectivity index (χ2v) is 7.89. The molecular formula is C24H50O14S. The average Bonchev–Trinajstić information content (AvgIpc) is 2.95. The Morgan fingerprint density at radius 2 is 0.436 bits per heavy atom. The van der Waals surface area contributed by atoms with E-state index in [4.69, 9.17) is 65.9 Å². The van der Waals surface area contributed by atoms with Crippen LogP contribution in [0.2, 0.25) is 0 Å². The van der Waals surface area contributed by atoms with E-state index in [1.54, 1.807) is 0 Å². The molecule has 0 aromatic heterocycles. The fourth-order valence-corrected chi connectivity index (χ4v) is 2.72. The Morgan fingerprint density at radius 3 is 0.641 bits per heavy atom. The van der Waals surface area contributed by atoms with Gasteiger partial charge in [-0.15, -0.1) is 0 Å². The summed E-state index contributed by atoms with van der Waals surface area (Å²) >= 11 is 0.918. The summed E-state index contributed by atoms with van der Waals surface area (Å²) in [5.74, 6) is 0. The summed E-state index contributed by atoms with van der Waals surface area (Å²) in [6.07, 6.45) is 0. The van der Waals surface area contributed by atoms with Gasteiger partial charge < -0.3 is 57.6 Å². The van der Waals surface area contributed by atoms with Crippen molar-refractivity contribution in [2.75, 3.05) is 159 Å². The molecule has 0 unspecified atom stereocenters. The minimum absolute atomic E-state index is 0.0218. The van der Waals surface area contributed by atoms with E-state index in [1.165, 1.54) is 0 Å². The van der Waals surface area contributed by atoms with Gasteiger partial charge in [-0.3, -0.25) is 8.37 Å². The van der Waals surface area contributed by atoms with Crippen molar-refractivity contribution in [3.05, 3.63) is 0 Å². The van der Waals surface area contributed by atoms with Gasteiger partial charge in [-0.1, -0.05) is 0 Å². The van der Waals surface area contributed by atoms with Crippen LogP contribution in [0.1, 0.15) is 0 Å². The lowest BCUT2D eigenvalue weighted by molar-refractivity contribution is -0.0151. The van der Waals surface area contributed by atoms with Crippen molar-refractivity contribution in [2.45, 2.75) is 0 Å². The van der Waals surface area contributed by atoms with E-state index in [-0.39, 0.29) is 13.2 Å². The van der Waals surface area contributed by atoms with Crippen molar-refractivity contribution in [3.63, 3.8) is 0 Å². The van der Waals surface area contributed by atoms with E-state index < -0.39 is 0 Å². The number of ether oxygens (including phenoxy) is 10. The molecule has 0 aliphatic rings. The Kier molecular flexibility index (Phi) is 37.6. The lowest BCUT2D eigenvalue weighted by atomic mass is 10.7. The molecule has 2 N–H and O–H groups in total. The molecule has 0 spiro atoms. The zero-order valence-corrected chi connectivity index (χ0v) is 24.0. The van der Waals surface area contributed by atoms with Gasteiger partial charge in [-0.25, -0.2) is 0 Å². The van der Waals surface area contributed by atoms with Crippen LogP contribution in [-0.2, 0) is 55.7 Å². The number of aliphatic hydroxyl groups is 2. The summed E-state index contributed by atoms with van der Waals surface area (Å²) in [7, 11) is 0. The maximum absolute atomic E-state index is 8.56. The van der Waals surface area contributed by atoms with Crippen molar-refractivity contribution in [2.24, 2.45) is 0 Å². The first-order valence-corrected chi connectivity index (χ1v) is 14.0. The molecule has 0 atom stereocenters. The van der Waals surface area contributed by atoms with Crippen molar-refractivity contribution < 1.29 is 65.9 Å². The summed E-state index contributed by atoms with van der Waals surface area (Å²) < 4.78 is 63.6. The molecule has 0 aromatic carbocycles. The van der Waals surface area contributed by atoms with Gasteiger partial charge in [0.05, 0.1) is 159 Å². The molecule has 15 heteroatoms. The van der Waals surface area contributed by atoms with Crippen LogP contribution in [0.15, 0.2) is 0 Å². The van der Waals surface area contributed by atoms with Crippen LogP contribution in [0.4, 0.5) is 0 Å². The highest BCUT2D eigenvalue weighted by atomic mass is 32.2. The summed E-state index contributed by atoms with van der Waals surface area (Å²) in [5.41, 5.74) is 0. The zero-order chi connectivity index (χ0) is 28.2. The van der Waals surface area contributed by atoms with Crippen molar-refractivity contribution in [3.8, 4) is 0 Å². The standard InChI is InChI=1S/C24H50O14S/c25-1-3-27-5-7-29-9-11-31-13-15-33-17-19-35-21-23-37-39-38-24-22-36-20-18-34-16-14-32-12-10-30-8-6-28-4-2-26/h25-26H,1-24H2. The van der Waals surface area contributed by atoms with Gasteiger partial charge in [-0.05, 0) is 0 Å². The van der Waals surface area contributed by atoms with Gasteiger partial charge in [0.15, 0.2) is 12.3 Å². The Labute approximate surface area is 237 Å². The molecule has 39 heavy (non-hydrogen) atoms. The molecule has 0 aromatic rings. The van der Waals surface area contributed by atoms with Gasteiger partial charge in [-0.2, -0.15) is 0 Å². The fourth-order valence-electron chi connectivity index (χ4n) is 2.38. The van der Waals surface area contributed by atoms with Crippen LogP contribution in [-0.4, -0.2) is 169 Å². The van der Waals surface area contributed by atoms with Gasteiger partial charge in [0.1, 0.15) is 0 Å². The number of hydrogen-bond acceptors (Lipinski definition) is 15. The second kappa shape index (κ2) is 37.8. The molecular weight excluding hydrogens is 544 g/mol. The summed E-state index contributed by atoms with van der Waals surface area (Å²) in [4.78, 5) is 0. The fraction of sp³-hybridized carbons (Fsp3) is 1.00. The third kappa shape index (κ3) is 37.8. The zero-order valence-electron chi connectivity index (χ0n) is 23.2. The summed E-state index contributed by atoms with van der Waals surface area (Å²) in [6, 6.07) is 0. The Bertz CT molecular complexity index is 392. The van der Waals surface area contributed by atoms with Crippen molar-refractivity contribution in [1.82, 2.24) is 0 Å². The van der Waals surface area contributed by atoms with Gasteiger partial charge in [0, 0.05) is 0 Å². The van der Waals surface area contributed by atoms with Gasteiger partial charge >= 0.3 is 0 Å². The second-order valence-electron chi connectivity index (χ2n) is 7.28. The highest BCUT2D eigenvalue weighted by Crippen LogP contribution is 2.03. The van der Waals surface area contributed by atoms with Crippen LogP contribution >= 0.6 is 12.3 Å². The Balaban J connectivity index is 3.01. The molecule has 14 nitrogen and oxygen atoms in total. The summed E-state index contributed by atoms with van der Waals surface area (Å²) in [5, 5.41) is 17.1. The highest BCUT2D eigenvalue weighted by Gasteiger charge is 1.97. The van der Waals surface area contributed by atoms with Crippen molar-refractivity contribution >= 4 is 12.3 Å². The predicted octanol–water partition coefficient (Wildman–Crippen LogP) is -0.267. The first-order valence-electron chi connectivity index (χ1n) is 13.3. The number of aliphatic hydroxyl groups excluding tert-OH is 2. The third-order valence-electron chi connectivity index (χ3n) is 4.17. The topological polar surface area (TPSA) is 151 Å². The number of hydrogen-bond donors (Lipinski definition) is 2. The highest BCUT2D eigenvalue weighted by molar-refractivity contribution is 7.89. The lowest BCUT2D eigenvalue weighted by Crippen LogP contribution is -2.14. The molecule has 0 heterocycles. The molecule has 0 saturated carbocycles. The Morgan fingerprint density at radius 1 is 0.256 bits per heavy atom. The average molecular weight is 595 g/mol. The van der Waals surface area contributed by atoms with E-state index in [0.29, 0.717) is 145 Å². The SMILES string of the molecule is OCCOCCOCCOCCOCCOCCOSOCCOCCOCCOCCOCCOCCO. The molecule has 0 amide bonds. The maximum atomic E-state index is 8.56. The molecule has 0 aliphatic carbocycles. The normalized spacial score (nSPS) is 11.5. The van der Waals surface area contributed by atoms with E-state index in [9.17, 15) is 0 Å². The summed E-state index contributed by atoms with van der Waals surface area (Å²) in [6.45, 7) is 10.2. The van der Waals surface area contributed by atoms with E-state index >= 15 is 0 Å². The number of rotatable bonds is 36. The molecule has 0 saturated heterocycles. The van der Waals surface area contributed by atoms with Crippen LogP contribution in [0.3, 0.4) is 0 Å². The quantitative estimate of drug-likeness (QED) is 0.0723. The minimum atomic E-state index is 0.0218. The third-order valence-corrected chi connectivity index (χ3v) is 4.69. The van der Waals surface area contributed by atoms with Crippen LogP contribution in [0.5, 0.6) is 0 Å². The largest absolute Gasteiger partial charge is 0.394 e. The monoisotopic (exact) mass is 594 g/mol. The Hall–Kier alpha value is -0.210. The molecule has 236 valence electrons. The minimum Gasteiger partial charge on any atom is -0.394 e. The van der Waals surface area contributed by atoms with E-state index in [0.717, 1.165) is 12.3 Å². The predicted molar refractivity (Wildman–Crippen MR) is 142 cm³/mol. The first-order chi connectivity index (χ1) is 19.4. The van der Waals surface area contributed by atoms with Crippen LogP contribution in [0, 0.1) is 0 Å². The molecule has 0 rings (SSSR count). The molecule has 0 radical (unpaired) electrons. The van der Waals surface area contributed by atoms with Gasteiger partial charge in [0.25, 0.3) is 0 Å². The smallest absolute Gasteiger partial charge is 0.158 e. The van der Waals surface area contributed by atoms with E-state index in [2.05, 4.69) is 0 Å². The van der Waals surface area contributed by atoms with E-state index in [1.807, 2.05) is 0 Å². The van der Waals surface area contributed by atoms with Crippen LogP contribution in [0.25, 0.3) is 0 Å².